The third-order valence-corrected chi connectivity index (χ3v) is 5.52. The van der Waals surface area contributed by atoms with E-state index in [-0.39, 0.29) is 12.0 Å². The lowest BCUT2D eigenvalue weighted by atomic mass is 9.65. The van der Waals surface area contributed by atoms with E-state index in [1.807, 2.05) is 62.4 Å². The first-order valence-electron chi connectivity index (χ1n) is 9.07. The smallest absolute Gasteiger partial charge is 0.397 e. The maximum atomic E-state index is 12.9. The van der Waals surface area contributed by atoms with E-state index in [1.54, 1.807) is 11.8 Å². The van der Waals surface area contributed by atoms with Gasteiger partial charge in [0.15, 0.2) is 0 Å². The Kier molecular flexibility index (Phi) is 5.04. The van der Waals surface area contributed by atoms with Crippen LogP contribution >= 0.6 is 11.6 Å². The summed E-state index contributed by atoms with van der Waals surface area (Å²) in [4.78, 5) is 26.7. The van der Waals surface area contributed by atoms with Gasteiger partial charge in [-0.15, -0.1) is 0 Å². The van der Waals surface area contributed by atoms with E-state index in [4.69, 9.17) is 16.3 Å². The number of para-hydroxylation sites is 1. The average molecular weight is 386 g/mol. The molecular formula is C22H24ClNO3. The molecule has 3 rings (SSSR count). The fourth-order valence-electron chi connectivity index (χ4n) is 4.24. The Balaban J connectivity index is 2.16. The molecule has 0 saturated carbocycles. The van der Waals surface area contributed by atoms with Crippen LogP contribution < -0.4 is 4.90 Å². The van der Waals surface area contributed by atoms with Crippen LogP contribution in [-0.4, -0.2) is 24.0 Å². The Morgan fingerprint density at radius 2 is 1.70 bits per heavy atom. The highest BCUT2D eigenvalue weighted by Crippen LogP contribution is 2.50. The van der Waals surface area contributed by atoms with Crippen LogP contribution in [0.2, 0.25) is 5.02 Å². The van der Waals surface area contributed by atoms with Crippen molar-refractivity contribution in [3.05, 3.63) is 64.7 Å². The Morgan fingerprint density at radius 1 is 1.07 bits per heavy atom. The first-order valence-corrected chi connectivity index (χ1v) is 9.45. The second-order valence-electron chi connectivity index (χ2n) is 7.71. The summed E-state index contributed by atoms with van der Waals surface area (Å²) in [5.41, 5.74) is 1.96. The lowest BCUT2D eigenvalue weighted by molar-refractivity contribution is -0.153. The molecule has 5 heteroatoms. The highest BCUT2D eigenvalue weighted by molar-refractivity contribution is 6.38. The van der Waals surface area contributed by atoms with Gasteiger partial charge in [-0.25, -0.2) is 4.79 Å². The number of anilines is 1. The highest BCUT2D eigenvalue weighted by Gasteiger charge is 2.49. The zero-order valence-electron chi connectivity index (χ0n) is 16.1. The first kappa shape index (κ1) is 19.4. The fourth-order valence-corrected chi connectivity index (χ4v) is 4.37. The normalized spacial score (nSPS) is 20.7. The third-order valence-electron chi connectivity index (χ3n) is 5.27. The zero-order valence-corrected chi connectivity index (χ0v) is 16.8. The van der Waals surface area contributed by atoms with E-state index in [9.17, 15) is 9.59 Å². The number of ether oxygens (including phenoxy) is 1. The fraction of sp³-hybridized carbons (Fsp3) is 0.364. The van der Waals surface area contributed by atoms with Gasteiger partial charge in [-0.2, -0.15) is 0 Å². The molecule has 0 aliphatic carbocycles. The largest absolute Gasteiger partial charge is 0.459 e. The Bertz CT molecular complexity index is 875. The van der Waals surface area contributed by atoms with Crippen LogP contribution in [0.25, 0.3) is 0 Å². The molecule has 0 fully saturated rings. The molecule has 0 N–H and O–H groups in total. The van der Waals surface area contributed by atoms with Crippen LogP contribution in [-0.2, 0) is 19.7 Å². The number of benzene rings is 2. The summed E-state index contributed by atoms with van der Waals surface area (Å²) in [7, 11) is 0. The average Bonchev–Trinajstić information content (AvgIpc) is 2.61. The van der Waals surface area contributed by atoms with Crippen LogP contribution in [0.5, 0.6) is 0 Å². The van der Waals surface area contributed by atoms with Crippen molar-refractivity contribution in [3.63, 3.8) is 0 Å². The summed E-state index contributed by atoms with van der Waals surface area (Å²) < 4.78 is 4.97. The van der Waals surface area contributed by atoms with E-state index in [0.29, 0.717) is 11.4 Å². The molecule has 0 saturated heterocycles. The van der Waals surface area contributed by atoms with E-state index >= 15 is 0 Å². The van der Waals surface area contributed by atoms with Crippen molar-refractivity contribution in [2.45, 2.75) is 45.1 Å². The topological polar surface area (TPSA) is 46.6 Å². The standard InChI is InChI=1S/C22H24ClNO3/c1-5-27-20(26)19(25)24-18-9-7-6-8-17(18)22(4,14-21(24,2)3)15-10-12-16(23)13-11-15/h6-13H,5,14H2,1-4H3/t22-/m0/s1. The van der Waals surface area contributed by atoms with Crippen molar-refractivity contribution in [3.8, 4) is 0 Å². The molecule has 4 nitrogen and oxygen atoms in total. The molecule has 1 atom stereocenters. The van der Waals surface area contributed by atoms with Crippen molar-refractivity contribution < 1.29 is 14.3 Å². The monoisotopic (exact) mass is 385 g/mol. The van der Waals surface area contributed by atoms with Crippen LogP contribution in [0.15, 0.2) is 48.5 Å². The van der Waals surface area contributed by atoms with Gasteiger partial charge in [0.05, 0.1) is 6.61 Å². The lowest BCUT2D eigenvalue weighted by Crippen LogP contribution is -2.57. The number of hydrogen-bond donors (Lipinski definition) is 0. The van der Waals surface area contributed by atoms with E-state index < -0.39 is 17.4 Å². The van der Waals surface area contributed by atoms with Crippen molar-refractivity contribution >= 4 is 29.2 Å². The van der Waals surface area contributed by atoms with Crippen LogP contribution in [0.4, 0.5) is 5.69 Å². The molecule has 1 amide bonds. The van der Waals surface area contributed by atoms with Crippen molar-refractivity contribution in [2.24, 2.45) is 0 Å². The molecule has 2 aromatic carbocycles. The SMILES string of the molecule is CCOC(=O)C(=O)N1c2ccccc2[C@](C)(c2ccc(Cl)cc2)CC1(C)C. The lowest BCUT2D eigenvalue weighted by Gasteiger charge is -2.51. The van der Waals surface area contributed by atoms with Crippen molar-refractivity contribution in [2.75, 3.05) is 11.5 Å². The van der Waals surface area contributed by atoms with Gasteiger partial charge >= 0.3 is 11.9 Å². The summed E-state index contributed by atoms with van der Waals surface area (Å²) in [5.74, 6) is -1.46. The maximum absolute atomic E-state index is 12.9. The number of halogens is 1. The van der Waals surface area contributed by atoms with Crippen LogP contribution in [0.3, 0.4) is 0 Å². The Morgan fingerprint density at radius 3 is 2.33 bits per heavy atom. The molecule has 0 spiro atoms. The second-order valence-corrected chi connectivity index (χ2v) is 8.14. The molecule has 0 bridgehead atoms. The van der Waals surface area contributed by atoms with Crippen LogP contribution in [0.1, 0.15) is 45.2 Å². The van der Waals surface area contributed by atoms with E-state index in [2.05, 4.69) is 6.92 Å². The van der Waals surface area contributed by atoms with Gasteiger partial charge in [0.1, 0.15) is 0 Å². The molecule has 0 unspecified atom stereocenters. The molecular weight excluding hydrogens is 362 g/mol. The van der Waals surface area contributed by atoms with Gasteiger partial charge in [-0.05, 0) is 56.5 Å². The zero-order chi connectivity index (χ0) is 19.8. The molecule has 1 aliphatic heterocycles. The number of carbonyl (C=O) groups is 2. The minimum Gasteiger partial charge on any atom is -0.459 e. The minimum absolute atomic E-state index is 0.170. The van der Waals surface area contributed by atoms with Crippen molar-refractivity contribution in [1.29, 1.82) is 0 Å². The summed E-state index contributed by atoms with van der Waals surface area (Å²) in [6, 6.07) is 15.6. The van der Waals surface area contributed by atoms with Gasteiger partial charge in [-0.3, -0.25) is 9.69 Å². The van der Waals surface area contributed by atoms with E-state index in [0.717, 1.165) is 16.8 Å². The van der Waals surface area contributed by atoms with Gasteiger partial charge in [-0.1, -0.05) is 48.9 Å². The third kappa shape index (κ3) is 3.34. The van der Waals surface area contributed by atoms with Gasteiger partial charge in [0.2, 0.25) is 0 Å². The van der Waals surface area contributed by atoms with Gasteiger partial charge in [0, 0.05) is 21.7 Å². The quantitative estimate of drug-likeness (QED) is 0.554. The second kappa shape index (κ2) is 7.01. The number of nitrogens with zero attached hydrogens (tertiary/aromatic N) is 1. The summed E-state index contributed by atoms with van der Waals surface area (Å²) >= 11 is 6.08. The molecule has 0 radical (unpaired) electrons. The number of hydrogen-bond acceptors (Lipinski definition) is 3. The molecule has 1 aliphatic rings. The minimum atomic E-state index is -0.824. The Hall–Kier alpha value is -2.33. The number of carbonyl (C=O) groups excluding carboxylic acids is 2. The highest BCUT2D eigenvalue weighted by atomic mass is 35.5. The van der Waals surface area contributed by atoms with Gasteiger partial charge in [0.25, 0.3) is 0 Å². The molecule has 27 heavy (non-hydrogen) atoms. The first-order chi connectivity index (χ1) is 12.7. The molecule has 2 aromatic rings. The van der Waals surface area contributed by atoms with Gasteiger partial charge < -0.3 is 4.74 Å². The van der Waals surface area contributed by atoms with E-state index in [1.165, 1.54) is 0 Å². The summed E-state index contributed by atoms with van der Waals surface area (Å²) in [5, 5.41) is 0.685. The summed E-state index contributed by atoms with van der Waals surface area (Å²) in [6.07, 6.45) is 0.657. The molecule has 142 valence electrons. The maximum Gasteiger partial charge on any atom is 0.397 e. The van der Waals surface area contributed by atoms with Crippen molar-refractivity contribution in [1.82, 2.24) is 0 Å². The van der Waals surface area contributed by atoms with Crippen LogP contribution in [0, 0.1) is 0 Å². The number of rotatable bonds is 2. The Labute approximate surface area is 165 Å². The molecule has 0 aromatic heterocycles. The number of amides is 1. The summed E-state index contributed by atoms with van der Waals surface area (Å²) in [6.45, 7) is 7.99. The predicted octanol–water partition coefficient (Wildman–Crippen LogP) is 4.72. The number of fused-ring (bicyclic) bond motifs is 1. The molecule has 1 heterocycles. The predicted molar refractivity (Wildman–Crippen MR) is 107 cm³/mol. The number of esters is 1.